The number of hydrogen-bond acceptors (Lipinski definition) is 3. The lowest BCUT2D eigenvalue weighted by molar-refractivity contribution is 0.194. The van der Waals surface area contributed by atoms with Gasteiger partial charge in [0.2, 0.25) is 0 Å². The van der Waals surface area contributed by atoms with Gasteiger partial charge in [-0.2, -0.15) is 0 Å². The molecule has 1 aliphatic rings. The molecule has 2 aromatic rings. The Balaban J connectivity index is 1.34. The van der Waals surface area contributed by atoms with Crippen LogP contribution in [-0.2, 0) is 6.54 Å². The third kappa shape index (κ3) is 5.06. The van der Waals surface area contributed by atoms with Crippen LogP contribution in [0.15, 0.2) is 42.7 Å². The van der Waals surface area contributed by atoms with E-state index in [2.05, 4.69) is 50.5 Å². The topological polar surface area (TPSA) is 64.3 Å². The number of urea groups is 1. The highest BCUT2D eigenvalue weighted by atomic mass is 16.2. The maximum Gasteiger partial charge on any atom is 0.317 e. The van der Waals surface area contributed by atoms with Gasteiger partial charge in [0.05, 0.1) is 6.54 Å². The summed E-state index contributed by atoms with van der Waals surface area (Å²) in [5.74, 6) is 1.46. The van der Waals surface area contributed by atoms with Gasteiger partial charge in [0.25, 0.3) is 0 Å². The van der Waals surface area contributed by atoms with Crippen molar-refractivity contribution >= 4 is 6.03 Å². The first kappa shape index (κ1) is 17.5. The number of piperidine rings is 1. The van der Waals surface area contributed by atoms with Crippen LogP contribution in [0, 0.1) is 0 Å². The molecule has 1 fully saturated rings. The van der Waals surface area contributed by atoms with Gasteiger partial charge in [-0.1, -0.05) is 30.3 Å². The summed E-state index contributed by atoms with van der Waals surface area (Å²) in [7, 11) is 1.78. The molecule has 1 aliphatic heterocycles. The third-order valence-corrected chi connectivity index (χ3v) is 4.85. The zero-order valence-electron chi connectivity index (χ0n) is 14.8. The molecule has 0 atom stereocenters. The fraction of sp³-hybridized carbons (Fsp3) is 0.474. The van der Waals surface area contributed by atoms with Gasteiger partial charge in [0.1, 0.15) is 5.82 Å². The first-order valence-corrected chi connectivity index (χ1v) is 8.97. The molecular weight excluding hydrogens is 314 g/mol. The average Bonchev–Trinajstić information content (AvgIpc) is 3.16. The van der Waals surface area contributed by atoms with Gasteiger partial charge in [0, 0.05) is 32.5 Å². The fourth-order valence-electron chi connectivity index (χ4n) is 3.35. The minimum Gasteiger partial charge on any atom is -0.347 e. The van der Waals surface area contributed by atoms with Crippen molar-refractivity contribution < 1.29 is 4.79 Å². The summed E-state index contributed by atoms with van der Waals surface area (Å²) >= 11 is 0. The molecule has 0 spiro atoms. The van der Waals surface area contributed by atoms with Gasteiger partial charge in [-0.05, 0) is 37.4 Å². The molecule has 2 heterocycles. The number of aromatic nitrogens is 2. The number of nitrogens with one attached hydrogen (secondary N) is 2. The van der Waals surface area contributed by atoms with Gasteiger partial charge in [-0.15, -0.1) is 0 Å². The van der Waals surface area contributed by atoms with Crippen LogP contribution >= 0.6 is 0 Å². The van der Waals surface area contributed by atoms with Crippen LogP contribution in [0.2, 0.25) is 0 Å². The lowest BCUT2D eigenvalue weighted by atomic mass is 9.89. The standard InChI is InChI=1S/C19H27N5O/c1-23(15-18-20-9-10-21-18)19(25)22-11-14-24-12-7-17(8-13-24)16-5-3-2-4-6-16/h2-6,9-10,17H,7-8,11-15H2,1H3,(H,20,21)(H,22,25). The second kappa shape index (κ2) is 8.67. The summed E-state index contributed by atoms with van der Waals surface area (Å²) in [6, 6.07) is 10.7. The Morgan fingerprint density at radius 1 is 1.32 bits per heavy atom. The quantitative estimate of drug-likeness (QED) is 0.848. The fourth-order valence-corrected chi connectivity index (χ4v) is 3.35. The molecule has 0 radical (unpaired) electrons. The van der Waals surface area contributed by atoms with E-state index in [1.807, 2.05) is 0 Å². The summed E-state index contributed by atoms with van der Waals surface area (Å²) in [6.45, 7) is 4.26. The van der Waals surface area contributed by atoms with Crippen LogP contribution in [0.4, 0.5) is 4.79 Å². The predicted molar refractivity (Wildman–Crippen MR) is 98.3 cm³/mol. The number of imidazole rings is 1. The van der Waals surface area contributed by atoms with Gasteiger partial charge >= 0.3 is 6.03 Å². The number of likely N-dealkylation sites (tertiary alicyclic amines) is 1. The van der Waals surface area contributed by atoms with E-state index >= 15 is 0 Å². The van der Waals surface area contributed by atoms with Crippen molar-refractivity contribution in [2.24, 2.45) is 0 Å². The first-order valence-electron chi connectivity index (χ1n) is 8.97. The van der Waals surface area contributed by atoms with Crippen molar-refractivity contribution in [1.82, 2.24) is 25.1 Å². The minimum absolute atomic E-state index is 0.0597. The Morgan fingerprint density at radius 2 is 2.08 bits per heavy atom. The molecule has 3 rings (SSSR count). The molecule has 134 valence electrons. The highest BCUT2D eigenvalue weighted by Crippen LogP contribution is 2.27. The maximum absolute atomic E-state index is 12.1. The molecule has 1 aromatic carbocycles. The number of aromatic amines is 1. The summed E-state index contributed by atoms with van der Waals surface area (Å²) in [5, 5.41) is 2.99. The van der Waals surface area contributed by atoms with Crippen molar-refractivity contribution in [1.29, 1.82) is 0 Å². The van der Waals surface area contributed by atoms with Crippen LogP contribution < -0.4 is 5.32 Å². The minimum atomic E-state index is -0.0597. The smallest absolute Gasteiger partial charge is 0.317 e. The van der Waals surface area contributed by atoms with E-state index in [0.717, 1.165) is 25.5 Å². The van der Waals surface area contributed by atoms with Crippen LogP contribution in [0.1, 0.15) is 30.1 Å². The largest absolute Gasteiger partial charge is 0.347 e. The average molecular weight is 341 g/mol. The maximum atomic E-state index is 12.1. The molecule has 1 aromatic heterocycles. The van der Waals surface area contributed by atoms with Crippen molar-refractivity contribution in [3.05, 3.63) is 54.1 Å². The molecule has 0 bridgehead atoms. The Labute approximate surface area is 149 Å². The SMILES string of the molecule is CN(Cc1ncc[nH]1)C(=O)NCCN1CCC(c2ccccc2)CC1. The second-order valence-electron chi connectivity index (χ2n) is 6.65. The van der Waals surface area contributed by atoms with Crippen molar-refractivity contribution in [3.8, 4) is 0 Å². The Morgan fingerprint density at radius 3 is 2.76 bits per heavy atom. The van der Waals surface area contributed by atoms with Crippen LogP contribution in [0.25, 0.3) is 0 Å². The Bertz CT molecular complexity index is 635. The van der Waals surface area contributed by atoms with E-state index < -0.39 is 0 Å². The number of amides is 2. The van der Waals surface area contributed by atoms with Crippen molar-refractivity contribution in [2.45, 2.75) is 25.3 Å². The molecule has 0 aliphatic carbocycles. The number of benzene rings is 1. The summed E-state index contributed by atoms with van der Waals surface area (Å²) < 4.78 is 0. The zero-order chi connectivity index (χ0) is 17.5. The first-order chi connectivity index (χ1) is 12.2. The number of H-pyrrole nitrogens is 1. The van der Waals surface area contributed by atoms with Gasteiger partial charge < -0.3 is 20.1 Å². The molecule has 6 nitrogen and oxygen atoms in total. The van der Waals surface area contributed by atoms with E-state index in [-0.39, 0.29) is 6.03 Å². The molecule has 25 heavy (non-hydrogen) atoms. The van der Waals surface area contributed by atoms with Crippen molar-refractivity contribution in [2.75, 3.05) is 33.2 Å². The van der Waals surface area contributed by atoms with E-state index in [4.69, 9.17) is 0 Å². The number of hydrogen-bond donors (Lipinski definition) is 2. The molecule has 2 N–H and O–H groups in total. The van der Waals surface area contributed by atoms with E-state index in [1.54, 1.807) is 24.3 Å². The molecular formula is C19H27N5O. The molecule has 1 saturated heterocycles. The molecule has 6 heteroatoms. The Hall–Kier alpha value is -2.34. The van der Waals surface area contributed by atoms with Crippen LogP contribution in [-0.4, -0.2) is 59.0 Å². The summed E-state index contributed by atoms with van der Waals surface area (Å²) in [4.78, 5) is 23.3. The molecule has 2 amide bonds. The lowest BCUT2D eigenvalue weighted by Gasteiger charge is -2.32. The molecule has 0 unspecified atom stereocenters. The van der Waals surface area contributed by atoms with Crippen molar-refractivity contribution in [3.63, 3.8) is 0 Å². The number of nitrogens with zero attached hydrogens (tertiary/aromatic N) is 3. The normalized spacial score (nSPS) is 15.9. The number of carbonyl (C=O) groups excluding carboxylic acids is 1. The van der Waals surface area contributed by atoms with Crippen LogP contribution in [0.3, 0.4) is 0 Å². The summed E-state index contributed by atoms with van der Waals surface area (Å²) in [6.07, 6.45) is 5.84. The van der Waals surface area contributed by atoms with Gasteiger partial charge in [-0.25, -0.2) is 9.78 Å². The zero-order valence-corrected chi connectivity index (χ0v) is 14.8. The van der Waals surface area contributed by atoms with E-state index in [1.165, 1.54) is 18.4 Å². The van der Waals surface area contributed by atoms with E-state index in [9.17, 15) is 4.79 Å². The van der Waals surface area contributed by atoms with Gasteiger partial charge in [-0.3, -0.25) is 0 Å². The molecule has 0 saturated carbocycles. The monoisotopic (exact) mass is 341 g/mol. The number of rotatable bonds is 6. The summed E-state index contributed by atoms with van der Waals surface area (Å²) in [5.41, 5.74) is 1.45. The lowest BCUT2D eigenvalue weighted by Crippen LogP contribution is -2.42. The van der Waals surface area contributed by atoms with Crippen LogP contribution in [0.5, 0.6) is 0 Å². The highest BCUT2D eigenvalue weighted by molar-refractivity contribution is 5.73. The second-order valence-corrected chi connectivity index (χ2v) is 6.65. The highest BCUT2D eigenvalue weighted by Gasteiger charge is 2.20. The van der Waals surface area contributed by atoms with Gasteiger partial charge in [0.15, 0.2) is 0 Å². The number of carbonyl (C=O) groups is 1. The van der Waals surface area contributed by atoms with E-state index in [0.29, 0.717) is 19.0 Å². The third-order valence-electron chi connectivity index (χ3n) is 4.85. The predicted octanol–water partition coefficient (Wildman–Crippen LogP) is 2.43. The Kier molecular flexibility index (Phi) is 6.06.